The fourth-order valence-corrected chi connectivity index (χ4v) is 8.01. The first-order valence-corrected chi connectivity index (χ1v) is 20.5. The lowest BCUT2D eigenvalue weighted by atomic mass is 9.95. The summed E-state index contributed by atoms with van der Waals surface area (Å²) in [6.45, 7) is 13.1. The Kier molecular flexibility index (Phi) is 13.8. The van der Waals surface area contributed by atoms with Crippen molar-refractivity contribution in [3.8, 4) is 33.6 Å². The number of likely N-dealkylation sites (tertiary alicyclic amines) is 1. The van der Waals surface area contributed by atoms with Gasteiger partial charge in [-0.3, -0.25) is 10.1 Å². The van der Waals surface area contributed by atoms with Gasteiger partial charge >= 0.3 is 12.2 Å². The molecular formula is C44H59N9O6. The molecule has 3 amide bonds. The molecule has 316 valence electrons. The zero-order valence-electron chi connectivity index (χ0n) is 35.3. The van der Waals surface area contributed by atoms with Crippen molar-refractivity contribution in [2.45, 2.75) is 97.5 Å². The molecular weight excluding hydrogens is 751 g/mol. The van der Waals surface area contributed by atoms with E-state index in [1.165, 1.54) is 14.2 Å². The predicted molar refractivity (Wildman–Crippen MR) is 227 cm³/mol. The van der Waals surface area contributed by atoms with Crippen LogP contribution in [0.1, 0.15) is 89.5 Å². The van der Waals surface area contributed by atoms with Gasteiger partial charge in [0.25, 0.3) is 0 Å². The summed E-state index contributed by atoms with van der Waals surface area (Å²) in [6.07, 6.45) is 6.95. The van der Waals surface area contributed by atoms with Crippen LogP contribution in [0.25, 0.3) is 44.5 Å². The molecule has 1 fully saturated rings. The number of amides is 3. The summed E-state index contributed by atoms with van der Waals surface area (Å²) >= 11 is 0. The van der Waals surface area contributed by atoms with E-state index in [9.17, 15) is 19.5 Å². The van der Waals surface area contributed by atoms with Crippen LogP contribution in [-0.4, -0.2) is 98.6 Å². The molecule has 0 spiro atoms. The number of aliphatic hydroxyl groups excluding tert-OH is 1. The van der Waals surface area contributed by atoms with Gasteiger partial charge in [-0.25, -0.2) is 19.6 Å². The second kappa shape index (κ2) is 18.9. The van der Waals surface area contributed by atoms with Crippen LogP contribution >= 0.6 is 0 Å². The van der Waals surface area contributed by atoms with Crippen molar-refractivity contribution >= 4 is 29.0 Å². The molecule has 0 saturated carbocycles. The fourth-order valence-electron chi connectivity index (χ4n) is 8.01. The van der Waals surface area contributed by atoms with Crippen LogP contribution in [0.3, 0.4) is 0 Å². The first kappa shape index (κ1) is 42.9. The van der Waals surface area contributed by atoms with Crippen LogP contribution in [0.15, 0.2) is 55.0 Å². The number of hydrogen-bond acceptors (Lipinski definition) is 9. The molecule has 15 nitrogen and oxygen atoms in total. The van der Waals surface area contributed by atoms with Gasteiger partial charge in [-0.2, -0.15) is 0 Å². The Hall–Kier alpha value is -5.67. The van der Waals surface area contributed by atoms with E-state index in [0.29, 0.717) is 13.1 Å². The normalized spacial score (nSPS) is 16.3. The van der Waals surface area contributed by atoms with E-state index in [4.69, 9.17) is 19.4 Å². The van der Waals surface area contributed by atoms with Gasteiger partial charge in [-0.1, -0.05) is 71.0 Å². The van der Waals surface area contributed by atoms with Crippen molar-refractivity contribution in [1.82, 2.24) is 45.8 Å². The van der Waals surface area contributed by atoms with Crippen LogP contribution < -0.4 is 16.0 Å². The molecule has 2 aromatic carbocycles. The molecule has 6 rings (SSSR count). The molecule has 5 unspecified atom stereocenters. The minimum atomic E-state index is -0.895. The Balaban J connectivity index is 1.11. The topological polar surface area (TPSA) is 202 Å². The second-order valence-corrected chi connectivity index (χ2v) is 16.2. The maximum atomic E-state index is 13.6. The summed E-state index contributed by atoms with van der Waals surface area (Å²) < 4.78 is 9.48. The molecule has 1 saturated heterocycles. The number of carbonyl (C=O) groups excluding carboxylic acids is 3. The number of fused-ring (bicyclic) bond motifs is 1. The molecule has 1 aliphatic heterocycles. The fraction of sp³-hybridized carbons (Fsp3) is 0.477. The third kappa shape index (κ3) is 9.63. The predicted octanol–water partition coefficient (Wildman–Crippen LogP) is 7.14. The summed E-state index contributed by atoms with van der Waals surface area (Å²) in [5.41, 5.74) is 8.17. The third-order valence-corrected chi connectivity index (χ3v) is 11.4. The van der Waals surface area contributed by atoms with E-state index in [1.807, 2.05) is 51.2 Å². The maximum Gasteiger partial charge on any atom is 0.407 e. The Morgan fingerprint density at radius 2 is 1.56 bits per heavy atom. The molecule has 7 N–H and O–H groups in total. The number of carbonyl (C=O) groups is 3. The number of aromatic nitrogens is 5. The zero-order chi connectivity index (χ0) is 42.4. The largest absolute Gasteiger partial charge is 0.453 e. The molecule has 0 aliphatic carbocycles. The van der Waals surface area contributed by atoms with E-state index in [0.717, 1.165) is 87.4 Å². The Labute approximate surface area is 345 Å². The number of methoxy groups -OCH3 is 2. The minimum Gasteiger partial charge on any atom is -0.453 e. The van der Waals surface area contributed by atoms with E-state index in [-0.39, 0.29) is 29.7 Å². The van der Waals surface area contributed by atoms with Crippen molar-refractivity contribution in [3.63, 3.8) is 0 Å². The standard InChI is InChI=1S/C44H59N9O6/c1-24(2)36(51-43(56)58-7)41(54)45-19-9-11-26(5)39-47-23-33(50-39)31-18-17-30(35-27(6)21-46-38(31)35)28-13-15-29(16-14-28)32-22-48-40(49-32)34-12-10-20-53(34)42(55)37(25(3)4)52-44(57)59-8/h13-18,21-26,34,36-37,41,45-46,54H,9-12,19-20H2,1-8H3,(H,47,50)(H,48,49)(H,51,56)(H,52,57). The first-order chi connectivity index (χ1) is 28.3. The molecule has 15 heteroatoms. The molecule has 4 heterocycles. The summed E-state index contributed by atoms with van der Waals surface area (Å²) in [5.74, 6) is 1.56. The SMILES string of the molecule is COC(=O)NC(C(=O)N1CCCC1c1ncc(-c2ccc(-c3ccc(-c4cnc(C(C)CCCNC(O)C(NC(=O)OC)C(C)C)[nH]4)c4[nH]cc(C)c34)cc2)[nH]1)C(C)C. The number of aliphatic hydroxyl groups is 1. The molecule has 3 aromatic heterocycles. The van der Waals surface area contributed by atoms with Gasteiger partial charge in [0, 0.05) is 29.6 Å². The summed E-state index contributed by atoms with van der Waals surface area (Å²) in [5, 5.41) is 20.3. The number of aromatic amines is 3. The molecule has 0 bridgehead atoms. The van der Waals surface area contributed by atoms with Crippen LogP contribution in [0.2, 0.25) is 0 Å². The zero-order valence-corrected chi connectivity index (χ0v) is 35.3. The van der Waals surface area contributed by atoms with Crippen molar-refractivity contribution in [2.75, 3.05) is 27.3 Å². The van der Waals surface area contributed by atoms with Crippen LogP contribution in [0, 0.1) is 18.8 Å². The van der Waals surface area contributed by atoms with Crippen molar-refractivity contribution in [3.05, 3.63) is 72.2 Å². The average Bonchev–Trinajstić information content (AvgIpc) is 4.07. The van der Waals surface area contributed by atoms with Crippen LogP contribution in [-0.2, 0) is 14.3 Å². The van der Waals surface area contributed by atoms with E-state index in [1.54, 1.807) is 0 Å². The van der Waals surface area contributed by atoms with E-state index < -0.39 is 30.5 Å². The quantitative estimate of drug-likeness (QED) is 0.0400. The number of benzene rings is 2. The molecule has 0 radical (unpaired) electrons. The highest BCUT2D eigenvalue weighted by Gasteiger charge is 2.37. The lowest BCUT2D eigenvalue weighted by Gasteiger charge is -2.30. The number of alkyl carbamates (subject to hydrolysis) is 2. The number of aryl methyl sites for hydroxylation is 1. The highest BCUT2D eigenvalue weighted by atomic mass is 16.5. The number of imidazole rings is 2. The number of rotatable bonds is 16. The Bertz CT molecular complexity index is 2210. The smallest absolute Gasteiger partial charge is 0.407 e. The number of ether oxygens (including phenoxy) is 2. The third-order valence-electron chi connectivity index (χ3n) is 11.4. The Morgan fingerprint density at radius 1 is 0.881 bits per heavy atom. The summed E-state index contributed by atoms with van der Waals surface area (Å²) in [6, 6.07) is 11.3. The van der Waals surface area contributed by atoms with Gasteiger partial charge in [0.1, 0.15) is 23.9 Å². The van der Waals surface area contributed by atoms with Gasteiger partial charge in [0.05, 0.1) is 55.6 Å². The number of nitrogens with zero attached hydrogens (tertiary/aromatic N) is 3. The highest BCUT2D eigenvalue weighted by molar-refractivity contribution is 6.04. The molecule has 5 aromatic rings. The molecule has 59 heavy (non-hydrogen) atoms. The van der Waals surface area contributed by atoms with E-state index in [2.05, 4.69) is 81.1 Å². The maximum absolute atomic E-state index is 13.6. The lowest BCUT2D eigenvalue weighted by molar-refractivity contribution is -0.135. The number of hydrogen-bond donors (Lipinski definition) is 7. The van der Waals surface area contributed by atoms with Crippen molar-refractivity contribution in [1.29, 1.82) is 0 Å². The summed E-state index contributed by atoms with van der Waals surface area (Å²) in [4.78, 5) is 59.1. The Morgan fingerprint density at radius 3 is 2.25 bits per heavy atom. The average molecular weight is 810 g/mol. The van der Waals surface area contributed by atoms with E-state index >= 15 is 0 Å². The van der Waals surface area contributed by atoms with Gasteiger partial charge < -0.3 is 45.1 Å². The van der Waals surface area contributed by atoms with Crippen molar-refractivity contribution < 1.29 is 29.0 Å². The first-order valence-electron chi connectivity index (χ1n) is 20.5. The van der Waals surface area contributed by atoms with Gasteiger partial charge in [-0.05, 0) is 73.2 Å². The monoisotopic (exact) mass is 809 g/mol. The number of nitrogens with one attached hydrogen (secondary N) is 6. The van der Waals surface area contributed by atoms with Crippen LogP contribution in [0.4, 0.5) is 9.59 Å². The van der Waals surface area contributed by atoms with Crippen LogP contribution in [0.5, 0.6) is 0 Å². The van der Waals surface area contributed by atoms with Crippen molar-refractivity contribution in [2.24, 2.45) is 11.8 Å². The summed E-state index contributed by atoms with van der Waals surface area (Å²) in [7, 11) is 2.60. The lowest BCUT2D eigenvalue weighted by Crippen LogP contribution is -2.52. The highest BCUT2D eigenvalue weighted by Crippen LogP contribution is 2.38. The second-order valence-electron chi connectivity index (χ2n) is 16.2. The van der Waals surface area contributed by atoms with Gasteiger partial charge in [-0.15, -0.1) is 0 Å². The molecule has 5 atom stereocenters. The van der Waals surface area contributed by atoms with Gasteiger partial charge in [0.2, 0.25) is 5.91 Å². The molecule has 1 aliphatic rings. The number of H-pyrrole nitrogens is 3. The minimum absolute atomic E-state index is 0.0169. The van der Waals surface area contributed by atoms with Gasteiger partial charge in [0.15, 0.2) is 0 Å².